The van der Waals surface area contributed by atoms with E-state index in [-0.39, 0.29) is 17.9 Å². The maximum atomic E-state index is 13.0. The van der Waals surface area contributed by atoms with Crippen LogP contribution in [-0.4, -0.2) is 12.9 Å². The minimum atomic E-state index is -1.61. The van der Waals surface area contributed by atoms with Gasteiger partial charge in [-0.2, -0.15) is 0 Å². The minimum absolute atomic E-state index is 0.0996. The summed E-state index contributed by atoms with van der Waals surface area (Å²) in [5.74, 6) is -4.90. The number of ketones is 1. The van der Waals surface area contributed by atoms with Crippen LogP contribution >= 0.6 is 0 Å². The quantitative estimate of drug-likeness (QED) is 0.633. The lowest BCUT2D eigenvalue weighted by molar-refractivity contribution is 0.0998. The first-order valence-electron chi connectivity index (χ1n) is 5.30. The molecule has 0 atom stereocenters. The van der Waals surface area contributed by atoms with Gasteiger partial charge in [-0.25, -0.2) is 13.2 Å². The van der Waals surface area contributed by atoms with Crippen LogP contribution < -0.4 is 0 Å². The normalized spacial score (nSPS) is 10.7. The van der Waals surface area contributed by atoms with Gasteiger partial charge in [0.05, 0.1) is 0 Å². The van der Waals surface area contributed by atoms with Gasteiger partial charge in [-0.3, -0.25) is 4.79 Å². The molecule has 1 aromatic heterocycles. The number of benzene rings is 1. The van der Waals surface area contributed by atoms with Crippen molar-refractivity contribution < 1.29 is 27.1 Å². The number of hydrogen-bond donors (Lipinski definition) is 0. The van der Waals surface area contributed by atoms with Crippen LogP contribution in [-0.2, 0) is 11.3 Å². The molecule has 2 rings (SSSR count). The van der Waals surface area contributed by atoms with Crippen LogP contribution in [0.4, 0.5) is 13.2 Å². The fourth-order valence-corrected chi connectivity index (χ4v) is 1.55. The number of halogens is 3. The molecule has 0 saturated heterocycles. The molecule has 1 heterocycles. The number of hydrogen-bond acceptors (Lipinski definition) is 3. The molecule has 0 N–H and O–H groups in total. The van der Waals surface area contributed by atoms with Crippen molar-refractivity contribution in [2.45, 2.75) is 6.61 Å². The Kier molecular flexibility index (Phi) is 3.71. The molecule has 6 heteroatoms. The first-order valence-corrected chi connectivity index (χ1v) is 5.30. The average molecular weight is 270 g/mol. The van der Waals surface area contributed by atoms with Gasteiger partial charge in [0.1, 0.15) is 12.4 Å². The fraction of sp³-hybridized carbons (Fsp3) is 0.154. The lowest BCUT2D eigenvalue weighted by Gasteiger charge is -2.01. The molecule has 0 fully saturated rings. The van der Waals surface area contributed by atoms with Crippen molar-refractivity contribution in [3.05, 3.63) is 58.8 Å². The molecule has 0 unspecified atom stereocenters. The predicted octanol–water partition coefficient (Wildman–Crippen LogP) is 3.07. The Bertz CT molecular complexity index is 596. The fourth-order valence-electron chi connectivity index (χ4n) is 1.55. The molecule has 0 aliphatic heterocycles. The number of methoxy groups -OCH3 is 1. The molecular weight excluding hydrogens is 261 g/mol. The minimum Gasteiger partial charge on any atom is -0.455 e. The zero-order chi connectivity index (χ0) is 14.0. The first-order chi connectivity index (χ1) is 9.02. The molecule has 2 aromatic rings. The number of ether oxygens (including phenoxy) is 1. The van der Waals surface area contributed by atoms with Gasteiger partial charge >= 0.3 is 0 Å². The molecule has 0 aliphatic carbocycles. The Labute approximate surface area is 106 Å². The van der Waals surface area contributed by atoms with Crippen LogP contribution in [0.1, 0.15) is 21.9 Å². The average Bonchev–Trinajstić information content (AvgIpc) is 2.83. The summed E-state index contributed by atoms with van der Waals surface area (Å²) in [6, 6.07) is 4.11. The Morgan fingerprint density at radius 1 is 1.21 bits per heavy atom. The van der Waals surface area contributed by atoms with Gasteiger partial charge < -0.3 is 9.15 Å². The van der Waals surface area contributed by atoms with Crippen molar-refractivity contribution in [1.82, 2.24) is 0 Å². The van der Waals surface area contributed by atoms with E-state index < -0.39 is 23.2 Å². The van der Waals surface area contributed by atoms with Gasteiger partial charge in [-0.05, 0) is 24.3 Å². The largest absolute Gasteiger partial charge is 0.455 e. The monoisotopic (exact) mass is 270 g/mol. The van der Waals surface area contributed by atoms with E-state index in [0.717, 1.165) is 0 Å². The zero-order valence-electron chi connectivity index (χ0n) is 9.88. The zero-order valence-corrected chi connectivity index (χ0v) is 9.88. The van der Waals surface area contributed by atoms with Crippen LogP contribution in [0.2, 0.25) is 0 Å². The molecule has 3 nitrogen and oxygen atoms in total. The standard InChI is InChI=1S/C13H9F3O3/c1-18-6-8-2-3-11(19-8)13(17)7-4-9(14)12(16)10(15)5-7/h2-5H,6H2,1H3. The van der Waals surface area contributed by atoms with Crippen LogP contribution in [0.5, 0.6) is 0 Å². The van der Waals surface area contributed by atoms with Crippen molar-refractivity contribution in [3.8, 4) is 0 Å². The van der Waals surface area contributed by atoms with Gasteiger partial charge in [-0.15, -0.1) is 0 Å². The summed E-state index contributed by atoms with van der Waals surface area (Å²) in [6.07, 6.45) is 0. The molecule has 0 bridgehead atoms. The molecule has 0 saturated carbocycles. The first kappa shape index (κ1) is 13.4. The Balaban J connectivity index is 2.33. The molecule has 1 aromatic carbocycles. The smallest absolute Gasteiger partial charge is 0.228 e. The molecule has 19 heavy (non-hydrogen) atoms. The molecule has 0 amide bonds. The Hall–Kier alpha value is -2.08. The van der Waals surface area contributed by atoms with Gasteiger partial charge in [0.25, 0.3) is 0 Å². The second kappa shape index (κ2) is 5.27. The van der Waals surface area contributed by atoms with E-state index >= 15 is 0 Å². The van der Waals surface area contributed by atoms with Crippen molar-refractivity contribution in [2.75, 3.05) is 7.11 Å². The summed E-state index contributed by atoms with van der Waals surface area (Å²) < 4.78 is 48.8. The third-order valence-electron chi connectivity index (χ3n) is 2.42. The van der Waals surface area contributed by atoms with Crippen molar-refractivity contribution in [2.24, 2.45) is 0 Å². The second-order valence-electron chi connectivity index (χ2n) is 3.78. The molecule has 0 spiro atoms. The van der Waals surface area contributed by atoms with E-state index in [2.05, 4.69) is 0 Å². The Morgan fingerprint density at radius 2 is 1.84 bits per heavy atom. The molecule has 0 aliphatic rings. The maximum Gasteiger partial charge on any atom is 0.228 e. The highest BCUT2D eigenvalue weighted by Gasteiger charge is 2.18. The SMILES string of the molecule is COCc1ccc(C(=O)c2cc(F)c(F)c(F)c2)o1. The van der Waals surface area contributed by atoms with Gasteiger partial charge in [0.15, 0.2) is 23.2 Å². The van der Waals surface area contributed by atoms with Gasteiger partial charge in [0, 0.05) is 12.7 Å². The molecule has 100 valence electrons. The van der Waals surface area contributed by atoms with Gasteiger partial charge in [0.2, 0.25) is 5.78 Å². The predicted molar refractivity (Wildman–Crippen MR) is 59.2 cm³/mol. The Morgan fingerprint density at radius 3 is 2.42 bits per heavy atom. The summed E-state index contributed by atoms with van der Waals surface area (Å²) in [7, 11) is 1.45. The lowest BCUT2D eigenvalue weighted by atomic mass is 10.1. The van der Waals surface area contributed by atoms with E-state index in [0.29, 0.717) is 17.9 Å². The highest BCUT2D eigenvalue weighted by atomic mass is 19.2. The van der Waals surface area contributed by atoms with E-state index in [1.807, 2.05) is 0 Å². The van der Waals surface area contributed by atoms with Gasteiger partial charge in [-0.1, -0.05) is 0 Å². The number of carbonyl (C=O) groups excluding carboxylic acids is 1. The van der Waals surface area contributed by atoms with E-state index in [1.54, 1.807) is 0 Å². The molecule has 0 radical (unpaired) electrons. The number of furan rings is 1. The summed E-state index contributed by atoms with van der Waals surface area (Å²) in [5.41, 5.74) is -0.324. The summed E-state index contributed by atoms with van der Waals surface area (Å²) in [4.78, 5) is 11.9. The number of rotatable bonds is 4. The lowest BCUT2D eigenvalue weighted by Crippen LogP contribution is -2.03. The highest BCUT2D eigenvalue weighted by Crippen LogP contribution is 2.18. The highest BCUT2D eigenvalue weighted by molar-refractivity contribution is 6.07. The van der Waals surface area contributed by atoms with E-state index in [1.165, 1.54) is 19.2 Å². The summed E-state index contributed by atoms with van der Waals surface area (Å²) in [5, 5.41) is 0. The maximum absolute atomic E-state index is 13.0. The van der Waals surface area contributed by atoms with Crippen LogP contribution in [0.25, 0.3) is 0 Å². The van der Waals surface area contributed by atoms with Crippen molar-refractivity contribution in [1.29, 1.82) is 0 Å². The third-order valence-corrected chi connectivity index (χ3v) is 2.42. The molecular formula is C13H9F3O3. The van der Waals surface area contributed by atoms with Crippen molar-refractivity contribution in [3.63, 3.8) is 0 Å². The summed E-state index contributed by atoms with van der Waals surface area (Å²) in [6.45, 7) is 0.166. The van der Waals surface area contributed by atoms with E-state index in [9.17, 15) is 18.0 Å². The van der Waals surface area contributed by atoms with Crippen LogP contribution in [0, 0.1) is 17.5 Å². The second-order valence-corrected chi connectivity index (χ2v) is 3.78. The topological polar surface area (TPSA) is 39.4 Å². The summed E-state index contributed by atoms with van der Waals surface area (Å²) >= 11 is 0. The van der Waals surface area contributed by atoms with Crippen LogP contribution in [0.3, 0.4) is 0 Å². The number of carbonyl (C=O) groups is 1. The van der Waals surface area contributed by atoms with E-state index in [4.69, 9.17) is 9.15 Å². The van der Waals surface area contributed by atoms with Crippen LogP contribution in [0.15, 0.2) is 28.7 Å². The third kappa shape index (κ3) is 2.68. The van der Waals surface area contributed by atoms with Crippen molar-refractivity contribution >= 4 is 5.78 Å².